The van der Waals surface area contributed by atoms with Gasteiger partial charge in [-0.1, -0.05) is 12.1 Å². The van der Waals surface area contributed by atoms with Crippen molar-refractivity contribution >= 4 is 0 Å². The van der Waals surface area contributed by atoms with E-state index in [1.165, 1.54) is 5.56 Å². The second-order valence-corrected chi connectivity index (χ2v) is 7.22. The topological polar surface area (TPSA) is 9.72 Å². The number of rotatable bonds is 2. The zero-order valence-corrected chi connectivity index (χ0v) is 13.3. The number of benzene rings is 1. The van der Waals surface area contributed by atoms with Crippen molar-refractivity contribution in [2.75, 3.05) is 39.8 Å². The Morgan fingerprint density at radius 2 is 1.86 bits per heavy atom. The highest BCUT2D eigenvalue weighted by Crippen LogP contribution is 2.27. The van der Waals surface area contributed by atoms with Crippen LogP contribution in [0.3, 0.4) is 0 Å². The third kappa shape index (κ3) is 3.28. The molecule has 3 nitrogen and oxygen atoms in total. The molecule has 2 fully saturated rings. The van der Waals surface area contributed by atoms with Crippen LogP contribution in [0, 0.1) is 5.82 Å². The molecule has 2 saturated heterocycles. The SMILES string of the molecule is CN1C[C@@H]2CN(Cc3ccc(F)cc3)CCN2C(C)(C)C1. The molecule has 116 valence electrons. The van der Waals surface area contributed by atoms with Crippen LogP contribution < -0.4 is 0 Å². The quantitative estimate of drug-likeness (QED) is 0.825. The fourth-order valence-corrected chi connectivity index (χ4v) is 4.04. The summed E-state index contributed by atoms with van der Waals surface area (Å²) < 4.78 is 13.0. The van der Waals surface area contributed by atoms with Crippen LogP contribution in [0.1, 0.15) is 19.4 Å². The Kier molecular flexibility index (Phi) is 4.04. The van der Waals surface area contributed by atoms with Crippen molar-refractivity contribution in [3.63, 3.8) is 0 Å². The Hall–Kier alpha value is -0.970. The monoisotopic (exact) mass is 291 g/mol. The number of halogens is 1. The first-order valence-corrected chi connectivity index (χ1v) is 7.86. The summed E-state index contributed by atoms with van der Waals surface area (Å²) in [6.45, 7) is 11.2. The Bertz CT molecular complexity index is 485. The van der Waals surface area contributed by atoms with Crippen molar-refractivity contribution in [3.05, 3.63) is 35.6 Å². The van der Waals surface area contributed by atoms with Crippen LogP contribution in [0.2, 0.25) is 0 Å². The first-order chi connectivity index (χ1) is 9.94. The summed E-state index contributed by atoms with van der Waals surface area (Å²) in [5, 5.41) is 0. The van der Waals surface area contributed by atoms with Crippen LogP contribution in [-0.2, 0) is 6.54 Å². The highest BCUT2D eigenvalue weighted by Gasteiger charge is 2.41. The standard InChI is InChI=1S/C17H26FN3/c1-17(2)13-19(3)11-16-12-20(8-9-21(16)17)10-14-4-6-15(18)7-5-14/h4-7,16H,8-13H2,1-3H3/t16-/m1/s1. The van der Waals surface area contributed by atoms with Crippen molar-refractivity contribution < 1.29 is 4.39 Å². The predicted octanol–water partition coefficient (Wildman–Crippen LogP) is 2.04. The van der Waals surface area contributed by atoms with E-state index < -0.39 is 0 Å². The van der Waals surface area contributed by atoms with Gasteiger partial charge in [0.2, 0.25) is 0 Å². The van der Waals surface area contributed by atoms with Crippen molar-refractivity contribution in [2.24, 2.45) is 0 Å². The normalized spacial score (nSPS) is 27.5. The highest BCUT2D eigenvalue weighted by molar-refractivity contribution is 5.16. The zero-order valence-electron chi connectivity index (χ0n) is 13.3. The summed E-state index contributed by atoms with van der Waals surface area (Å²) in [7, 11) is 2.22. The molecule has 0 bridgehead atoms. The third-order valence-corrected chi connectivity index (χ3v) is 4.84. The molecule has 1 aromatic rings. The largest absolute Gasteiger partial charge is 0.303 e. The molecule has 0 aromatic heterocycles. The van der Waals surface area contributed by atoms with Gasteiger partial charge in [0.25, 0.3) is 0 Å². The van der Waals surface area contributed by atoms with Gasteiger partial charge in [-0.2, -0.15) is 0 Å². The number of hydrogen-bond donors (Lipinski definition) is 0. The van der Waals surface area contributed by atoms with Crippen LogP contribution in [0.15, 0.2) is 24.3 Å². The van der Waals surface area contributed by atoms with Crippen LogP contribution >= 0.6 is 0 Å². The minimum Gasteiger partial charge on any atom is -0.303 e. The van der Waals surface area contributed by atoms with E-state index in [4.69, 9.17) is 0 Å². The molecular formula is C17H26FN3. The van der Waals surface area contributed by atoms with E-state index in [2.05, 4.69) is 35.6 Å². The second-order valence-electron chi connectivity index (χ2n) is 7.22. The van der Waals surface area contributed by atoms with Crippen LogP contribution in [0.4, 0.5) is 4.39 Å². The van der Waals surface area contributed by atoms with Crippen molar-refractivity contribution in [3.8, 4) is 0 Å². The molecule has 0 spiro atoms. The van der Waals surface area contributed by atoms with Crippen molar-refractivity contribution in [2.45, 2.75) is 32.0 Å². The molecule has 0 saturated carbocycles. The lowest BCUT2D eigenvalue weighted by atomic mass is 9.93. The molecule has 3 rings (SSSR count). The maximum atomic E-state index is 13.0. The molecule has 0 amide bonds. The van der Waals surface area contributed by atoms with Gasteiger partial charge in [-0.3, -0.25) is 9.80 Å². The lowest BCUT2D eigenvalue weighted by Crippen LogP contribution is -2.68. The summed E-state index contributed by atoms with van der Waals surface area (Å²) >= 11 is 0. The second kappa shape index (κ2) is 5.67. The molecule has 0 radical (unpaired) electrons. The predicted molar refractivity (Wildman–Crippen MR) is 83.7 cm³/mol. The Morgan fingerprint density at radius 3 is 2.57 bits per heavy atom. The number of fused-ring (bicyclic) bond motifs is 1. The van der Waals surface area contributed by atoms with Crippen molar-refractivity contribution in [1.82, 2.24) is 14.7 Å². The molecular weight excluding hydrogens is 265 g/mol. The van der Waals surface area contributed by atoms with Gasteiger partial charge in [-0.05, 0) is 38.6 Å². The smallest absolute Gasteiger partial charge is 0.123 e. The fourth-order valence-electron chi connectivity index (χ4n) is 4.04. The van der Waals surface area contributed by atoms with Crippen LogP contribution in [-0.4, -0.2) is 66.1 Å². The van der Waals surface area contributed by atoms with Crippen LogP contribution in [0.5, 0.6) is 0 Å². The lowest BCUT2D eigenvalue weighted by molar-refractivity contribution is -0.0592. The first-order valence-electron chi connectivity index (χ1n) is 7.86. The van der Waals surface area contributed by atoms with Gasteiger partial charge in [0.05, 0.1) is 0 Å². The van der Waals surface area contributed by atoms with E-state index >= 15 is 0 Å². The number of hydrogen-bond acceptors (Lipinski definition) is 3. The fraction of sp³-hybridized carbons (Fsp3) is 0.647. The summed E-state index contributed by atoms with van der Waals surface area (Å²) in [5.74, 6) is -0.153. The van der Waals surface area contributed by atoms with Gasteiger partial charge < -0.3 is 4.90 Å². The van der Waals surface area contributed by atoms with Gasteiger partial charge in [0.1, 0.15) is 5.82 Å². The van der Waals surface area contributed by atoms with Crippen molar-refractivity contribution in [1.29, 1.82) is 0 Å². The van der Waals surface area contributed by atoms with E-state index in [0.29, 0.717) is 6.04 Å². The average molecular weight is 291 g/mol. The number of likely N-dealkylation sites (N-methyl/N-ethyl adjacent to an activating group) is 1. The number of piperazine rings is 2. The highest BCUT2D eigenvalue weighted by atomic mass is 19.1. The van der Waals surface area contributed by atoms with Crippen LogP contribution in [0.25, 0.3) is 0 Å². The molecule has 21 heavy (non-hydrogen) atoms. The molecule has 2 aliphatic heterocycles. The molecule has 1 aromatic carbocycles. The van der Waals surface area contributed by atoms with E-state index in [9.17, 15) is 4.39 Å². The Balaban J connectivity index is 1.65. The van der Waals surface area contributed by atoms with Gasteiger partial charge in [0.15, 0.2) is 0 Å². The zero-order chi connectivity index (χ0) is 15.0. The number of nitrogens with zero attached hydrogens (tertiary/aromatic N) is 3. The lowest BCUT2D eigenvalue weighted by Gasteiger charge is -2.55. The van der Waals surface area contributed by atoms with E-state index in [-0.39, 0.29) is 11.4 Å². The molecule has 4 heteroatoms. The van der Waals surface area contributed by atoms with Gasteiger partial charge in [-0.25, -0.2) is 4.39 Å². The maximum Gasteiger partial charge on any atom is 0.123 e. The minimum absolute atomic E-state index is 0.153. The van der Waals surface area contributed by atoms with Gasteiger partial charge >= 0.3 is 0 Å². The average Bonchev–Trinajstić information content (AvgIpc) is 2.40. The Labute approximate surface area is 127 Å². The molecule has 2 aliphatic rings. The van der Waals surface area contributed by atoms with Gasteiger partial charge in [-0.15, -0.1) is 0 Å². The molecule has 0 aliphatic carbocycles. The summed E-state index contributed by atoms with van der Waals surface area (Å²) in [4.78, 5) is 7.63. The van der Waals surface area contributed by atoms with E-state index in [0.717, 1.165) is 39.3 Å². The third-order valence-electron chi connectivity index (χ3n) is 4.84. The summed E-state index contributed by atoms with van der Waals surface area (Å²) in [6, 6.07) is 7.52. The summed E-state index contributed by atoms with van der Waals surface area (Å²) in [6.07, 6.45) is 0. The van der Waals surface area contributed by atoms with E-state index in [1.807, 2.05) is 12.1 Å². The van der Waals surface area contributed by atoms with Gasteiger partial charge in [0, 0.05) is 50.8 Å². The maximum absolute atomic E-state index is 13.0. The molecule has 0 unspecified atom stereocenters. The van der Waals surface area contributed by atoms with E-state index in [1.54, 1.807) is 12.1 Å². The Morgan fingerprint density at radius 1 is 1.14 bits per heavy atom. The summed E-state index contributed by atoms with van der Waals surface area (Å²) in [5.41, 5.74) is 1.47. The molecule has 0 N–H and O–H groups in total. The molecule has 2 heterocycles. The minimum atomic E-state index is -0.153. The molecule has 1 atom stereocenters. The first kappa shape index (κ1) is 14.9.